The summed E-state index contributed by atoms with van der Waals surface area (Å²) >= 11 is 4.76. The highest BCUT2D eigenvalue weighted by atomic mass is 35.5. The quantitative estimate of drug-likeness (QED) is 0.501. The highest BCUT2D eigenvalue weighted by Gasteiger charge is 1.69. The Morgan fingerprint density at radius 1 is 1.80 bits per heavy atom. The number of halogens is 1. The van der Waals surface area contributed by atoms with Crippen molar-refractivity contribution in [3.8, 4) is 0 Å². The molecule has 0 spiro atoms. The SMILES string of the molecule is [CH2]CCOCl. The molecule has 1 radical (unpaired) electrons. The van der Waals surface area contributed by atoms with Gasteiger partial charge in [-0.1, -0.05) is 6.92 Å². The fourth-order valence-corrected chi connectivity index (χ4v) is 0.164. The second-order valence-corrected chi connectivity index (χ2v) is 0.885. The predicted molar refractivity (Wildman–Crippen MR) is 21.8 cm³/mol. The van der Waals surface area contributed by atoms with Crippen molar-refractivity contribution in [3.05, 3.63) is 6.92 Å². The summed E-state index contributed by atoms with van der Waals surface area (Å²) in [6.07, 6.45) is 0.740. The van der Waals surface area contributed by atoms with E-state index in [0.717, 1.165) is 6.42 Å². The van der Waals surface area contributed by atoms with Crippen molar-refractivity contribution >= 4 is 11.9 Å². The first kappa shape index (κ1) is 5.25. The minimum Gasteiger partial charge on any atom is -0.279 e. The zero-order chi connectivity index (χ0) is 4.12. The Hall–Kier alpha value is 0.250. The van der Waals surface area contributed by atoms with Gasteiger partial charge in [0.2, 0.25) is 0 Å². The van der Waals surface area contributed by atoms with Crippen molar-refractivity contribution in [2.75, 3.05) is 6.61 Å². The molecule has 0 aromatic rings. The maximum atomic E-state index is 4.76. The van der Waals surface area contributed by atoms with Crippen molar-refractivity contribution < 1.29 is 4.29 Å². The van der Waals surface area contributed by atoms with Gasteiger partial charge < -0.3 is 0 Å². The molecule has 0 heterocycles. The molecule has 0 aromatic heterocycles. The average Bonchev–Trinajstić information content (AvgIpc) is 1.41. The van der Waals surface area contributed by atoms with Gasteiger partial charge in [-0.15, -0.1) is 0 Å². The van der Waals surface area contributed by atoms with Crippen LogP contribution in [0.5, 0.6) is 0 Å². The van der Waals surface area contributed by atoms with Gasteiger partial charge in [0.1, 0.15) is 0 Å². The molecule has 1 nitrogen and oxygen atoms in total. The van der Waals surface area contributed by atoms with Crippen LogP contribution in [0.4, 0.5) is 0 Å². The third-order valence-corrected chi connectivity index (χ3v) is 0.376. The summed E-state index contributed by atoms with van der Waals surface area (Å²) in [5, 5.41) is 0. The van der Waals surface area contributed by atoms with Gasteiger partial charge >= 0.3 is 0 Å². The molecule has 0 saturated carbocycles. The number of hydrogen-bond donors (Lipinski definition) is 0. The van der Waals surface area contributed by atoms with E-state index in [-0.39, 0.29) is 0 Å². The summed E-state index contributed by atoms with van der Waals surface area (Å²) in [7, 11) is 0. The van der Waals surface area contributed by atoms with Crippen LogP contribution in [0, 0.1) is 6.92 Å². The Labute approximate surface area is 37.1 Å². The fourth-order valence-electron chi connectivity index (χ4n) is 0.0546. The van der Waals surface area contributed by atoms with Gasteiger partial charge in [0, 0.05) is 0 Å². The molecule has 0 aliphatic rings. The Bertz CT molecular complexity index is 14.4. The Kier molecular flexibility index (Phi) is 4.46. The molecule has 0 N–H and O–H groups in total. The van der Waals surface area contributed by atoms with E-state index in [1.54, 1.807) is 0 Å². The van der Waals surface area contributed by atoms with Gasteiger partial charge in [0.15, 0.2) is 0 Å². The van der Waals surface area contributed by atoms with Crippen molar-refractivity contribution in [2.45, 2.75) is 6.42 Å². The lowest BCUT2D eigenvalue weighted by Crippen LogP contribution is -1.74. The van der Waals surface area contributed by atoms with Gasteiger partial charge in [-0.05, 0) is 6.42 Å². The topological polar surface area (TPSA) is 9.23 Å². The second-order valence-electron chi connectivity index (χ2n) is 0.667. The maximum absolute atomic E-state index is 4.76. The van der Waals surface area contributed by atoms with Crippen LogP contribution in [-0.2, 0) is 4.29 Å². The van der Waals surface area contributed by atoms with Gasteiger partial charge in [-0.3, -0.25) is 4.29 Å². The van der Waals surface area contributed by atoms with Crippen LogP contribution in [0.3, 0.4) is 0 Å². The summed E-state index contributed by atoms with van der Waals surface area (Å²) in [5.41, 5.74) is 0. The second kappa shape index (κ2) is 4.25. The van der Waals surface area contributed by atoms with Crippen LogP contribution in [0.15, 0.2) is 0 Å². The molecule has 5 heavy (non-hydrogen) atoms. The van der Waals surface area contributed by atoms with Crippen molar-refractivity contribution in [2.24, 2.45) is 0 Å². The summed E-state index contributed by atoms with van der Waals surface area (Å²) in [5.74, 6) is 0. The zero-order valence-electron chi connectivity index (χ0n) is 2.91. The van der Waals surface area contributed by atoms with Crippen molar-refractivity contribution in [1.29, 1.82) is 0 Å². The van der Waals surface area contributed by atoms with E-state index in [0.29, 0.717) is 6.61 Å². The lowest BCUT2D eigenvalue weighted by Gasteiger charge is -1.79. The van der Waals surface area contributed by atoms with Gasteiger partial charge in [-0.25, -0.2) is 0 Å². The third kappa shape index (κ3) is 4.25. The first-order chi connectivity index (χ1) is 2.41. The molecule has 0 rings (SSSR count). The Morgan fingerprint density at radius 3 is 2.40 bits per heavy atom. The molecule has 0 unspecified atom stereocenters. The molecule has 0 aliphatic carbocycles. The molecule has 0 saturated heterocycles. The lowest BCUT2D eigenvalue weighted by molar-refractivity contribution is 0.359. The van der Waals surface area contributed by atoms with Crippen LogP contribution >= 0.6 is 11.9 Å². The highest BCUT2D eigenvalue weighted by Crippen LogP contribution is 1.79. The molecule has 0 aromatic carbocycles. The highest BCUT2D eigenvalue weighted by molar-refractivity contribution is 6.07. The van der Waals surface area contributed by atoms with Gasteiger partial charge in [-0.2, -0.15) is 0 Å². The first-order valence-electron chi connectivity index (χ1n) is 1.44. The molecular formula is C3H6ClO. The first-order valence-corrected chi connectivity index (χ1v) is 1.75. The van der Waals surface area contributed by atoms with E-state index < -0.39 is 0 Å². The summed E-state index contributed by atoms with van der Waals surface area (Å²) in [6.45, 7) is 4.01. The fraction of sp³-hybridized carbons (Fsp3) is 0.667. The summed E-state index contributed by atoms with van der Waals surface area (Å²) in [4.78, 5) is 0. The van der Waals surface area contributed by atoms with Crippen LogP contribution in [0.1, 0.15) is 6.42 Å². The van der Waals surface area contributed by atoms with E-state index in [2.05, 4.69) is 11.2 Å². The van der Waals surface area contributed by atoms with E-state index in [1.165, 1.54) is 0 Å². The molecule has 0 aliphatic heterocycles. The predicted octanol–water partition coefficient (Wildman–Crippen LogP) is 1.38. The normalized spacial score (nSPS) is 8.40. The van der Waals surface area contributed by atoms with E-state index in [1.807, 2.05) is 0 Å². The van der Waals surface area contributed by atoms with Gasteiger partial charge in [0.25, 0.3) is 0 Å². The van der Waals surface area contributed by atoms with E-state index >= 15 is 0 Å². The van der Waals surface area contributed by atoms with Crippen LogP contribution in [-0.4, -0.2) is 6.61 Å². The van der Waals surface area contributed by atoms with Crippen LogP contribution in [0.25, 0.3) is 0 Å². The zero-order valence-corrected chi connectivity index (χ0v) is 3.66. The molecule has 2 heteroatoms. The lowest BCUT2D eigenvalue weighted by atomic mass is 10.5. The largest absolute Gasteiger partial charge is 0.279 e. The molecule has 31 valence electrons. The van der Waals surface area contributed by atoms with Crippen LogP contribution in [0.2, 0.25) is 0 Å². The Morgan fingerprint density at radius 2 is 2.40 bits per heavy atom. The van der Waals surface area contributed by atoms with Crippen LogP contribution < -0.4 is 0 Å². The Balaban J connectivity index is 2.19. The molecule has 0 fully saturated rings. The average molecular weight is 93.5 g/mol. The van der Waals surface area contributed by atoms with Crippen molar-refractivity contribution in [3.63, 3.8) is 0 Å². The molecule has 0 amide bonds. The molecule has 0 atom stereocenters. The van der Waals surface area contributed by atoms with Gasteiger partial charge in [0.05, 0.1) is 18.5 Å². The minimum atomic E-state index is 0.543. The van der Waals surface area contributed by atoms with Crippen molar-refractivity contribution in [1.82, 2.24) is 0 Å². The summed E-state index contributed by atoms with van der Waals surface area (Å²) in [6, 6.07) is 0. The minimum absolute atomic E-state index is 0.543. The number of rotatable bonds is 2. The summed E-state index contributed by atoms with van der Waals surface area (Å²) < 4.78 is 4.10. The smallest absolute Gasteiger partial charge is 0.0682 e. The van der Waals surface area contributed by atoms with E-state index in [4.69, 9.17) is 11.9 Å². The maximum Gasteiger partial charge on any atom is 0.0682 e. The number of hydrogen-bond acceptors (Lipinski definition) is 1. The molecule has 0 bridgehead atoms. The monoisotopic (exact) mass is 93.0 g/mol. The third-order valence-electron chi connectivity index (χ3n) is 0.221. The molecular weight excluding hydrogens is 87.5 g/mol. The standard InChI is InChI=1S/C3H6ClO/c1-2-3-5-4/h1-3H2. The van der Waals surface area contributed by atoms with E-state index in [9.17, 15) is 0 Å².